The van der Waals surface area contributed by atoms with Gasteiger partial charge in [-0.1, -0.05) is 18.2 Å². The molecule has 0 aliphatic heterocycles. The van der Waals surface area contributed by atoms with Gasteiger partial charge >= 0.3 is 6.36 Å². The largest absolute Gasteiger partial charge is 0.573 e. The summed E-state index contributed by atoms with van der Waals surface area (Å²) in [7, 11) is 0. The van der Waals surface area contributed by atoms with Gasteiger partial charge in [-0.05, 0) is 48.2 Å². The van der Waals surface area contributed by atoms with E-state index in [0.29, 0.717) is 18.4 Å². The van der Waals surface area contributed by atoms with Crippen molar-refractivity contribution < 1.29 is 33.2 Å². The Morgan fingerprint density at radius 3 is 2.44 bits per heavy atom. The first kappa shape index (κ1) is 18.9. The Balaban J connectivity index is 1.82. The van der Waals surface area contributed by atoms with Crippen molar-refractivity contribution >= 4 is 0 Å². The van der Waals surface area contributed by atoms with Crippen LogP contribution in [0.5, 0.6) is 17.2 Å². The summed E-state index contributed by atoms with van der Waals surface area (Å²) in [5.74, 6) is -0.773. The minimum Gasteiger partial charge on any atom is -0.504 e. The maximum absolute atomic E-state index is 12.2. The Labute approximate surface area is 142 Å². The Morgan fingerprint density at radius 1 is 1.00 bits per heavy atom. The van der Waals surface area contributed by atoms with Crippen molar-refractivity contribution in [3.8, 4) is 17.2 Å². The molecule has 2 aromatic carbocycles. The number of hydrogen-bond acceptors (Lipinski definition) is 5. The van der Waals surface area contributed by atoms with E-state index in [1.165, 1.54) is 30.3 Å². The van der Waals surface area contributed by atoms with Crippen LogP contribution in [-0.2, 0) is 13.0 Å². The van der Waals surface area contributed by atoms with Crippen LogP contribution in [0.1, 0.15) is 17.5 Å². The van der Waals surface area contributed by atoms with Crippen molar-refractivity contribution in [2.75, 3.05) is 0 Å². The highest BCUT2D eigenvalue weighted by molar-refractivity contribution is 5.40. The molecule has 0 amide bonds. The monoisotopic (exact) mass is 357 g/mol. The van der Waals surface area contributed by atoms with Gasteiger partial charge in [0.15, 0.2) is 11.5 Å². The van der Waals surface area contributed by atoms with Crippen molar-refractivity contribution in [2.24, 2.45) is 0 Å². The molecule has 0 aromatic heterocycles. The molecule has 1 atom stereocenters. The van der Waals surface area contributed by atoms with Crippen LogP contribution in [0.25, 0.3) is 0 Å². The lowest BCUT2D eigenvalue weighted by Crippen LogP contribution is -2.28. The van der Waals surface area contributed by atoms with Crippen LogP contribution in [0.3, 0.4) is 0 Å². The number of benzene rings is 2. The number of hydrogen-bond donors (Lipinski definition) is 4. The summed E-state index contributed by atoms with van der Waals surface area (Å²) in [6.07, 6.45) is -4.87. The fourth-order valence-electron chi connectivity index (χ4n) is 2.22. The zero-order chi connectivity index (χ0) is 18.4. The molecule has 25 heavy (non-hydrogen) atoms. The number of halogens is 3. The van der Waals surface area contributed by atoms with Crippen LogP contribution in [0, 0.1) is 0 Å². The molecule has 0 bridgehead atoms. The first-order valence-corrected chi connectivity index (χ1v) is 7.50. The summed E-state index contributed by atoms with van der Waals surface area (Å²) in [5, 5.41) is 31.3. The molecular formula is C17H18F3NO4. The van der Waals surface area contributed by atoms with Gasteiger partial charge in [0.25, 0.3) is 0 Å². The highest BCUT2D eigenvalue weighted by atomic mass is 19.4. The summed E-state index contributed by atoms with van der Waals surface area (Å²) < 4.78 is 40.4. The number of aliphatic hydroxyl groups is 1. The molecule has 0 aliphatic rings. The molecule has 0 saturated carbocycles. The molecule has 0 saturated heterocycles. The van der Waals surface area contributed by atoms with Crippen LogP contribution in [-0.4, -0.2) is 27.9 Å². The van der Waals surface area contributed by atoms with E-state index in [4.69, 9.17) is 0 Å². The van der Waals surface area contributed by atoms with Gasteiger partial charge in [0, 0.05) is 6.54 Å². The molecule has 2 rings (SSSR count). The lowest BCUT2D eigenvalue weighted by Gasteiger charge is -2.14. The van der Waals surface area contributed by atoms with Gasteiger partial charge < -0.3 is 20.1 Å². The molecule has 5 nitrogen and oxygen atoms in total. The molecule has 4 N–H and O–H groups in total. The van der Waals surface area contributed by atoms with Gasteiger partial charge in [-0.3, -0.25) is 5.32 Å². The van der Waals surface area contributed by atoms with Gasteiger partial charge in [-0.25, -0.2) is 0 Å². The standard InChI is InChI=1S/C17H18F3NO4/c18-17(19,20)25-13-3-1-2-12(8-13)10-21-16(24)7-5-11-4-6-14(22)15(23)9-11/h1-4,6,8-9,16,21-24H,5,7,10H2. The van der Waals surface area contributed by atoms with E-state index in [9.17, 15) is 28.5 Å². The molecule has 0 radical (unpaired) electrons. The van der Waals surface area contributed by atoms with E-state index in [0.717, 1.165) is 5.56 Å². The van der Waals surface area contributed by atoms with Crippen LogP contribution in [0.2, 0.25) is 0 Å². The van der Waals surface area contributed by atoms with Crippen molar-refractivity contribution in [1.82, 2.24) is 5.32 Å². The van der Waals surface area contributed by atoms with Crippen LogP contribution in [0.4, 0.5) is 13.2 Å². The molecule has 1 unspecified atom stereocenters. The molecular weight excluding hydrogens is 339 g/mol. The van der Waals surface area contributed by atoms with E-state index < -0.39 is 12.6 Å². The lowest BCUT2D eigenvalue weighted by atomic mass is 10.1. The van der Waals surface area contributed by atoms with Gasteiger partial charge in [0.2, 0.25) is 0 Å². The second kappa shape index (κ2) is 8.09. The highest BCUT2D eigenvalue weighted by Crippen LogP contribution is 2.25. The first-order valence-electron chi connectivity index (χ1n) is 7.50. The van der Waals surface area contributed by atoms with Crippen molar-refractivity contribution in [3.63, 3.8) is 0 Å². The Kier molecular flexibility index (Phi) is 6.11. The fraction of sp³-hybridized carbons (Fsp3) is 0.294. The number of phenolic OH excluding ortho intramolecular Hbond substituents is 2. The summed E-state index contributed by atoms with van der Waals surface area (Å²) in [4.78, 5) is 0. The second-order valence-electron chi connectivity index (χ2n) is 5.45. The van der Waals surface area contributed by atoms with E-state index in [-0.39, 0.29) is 23.8 Å². The second-order valence-corrected chi connectivity index (χ2v) is 5.45. The zero-order valence-electron chi connectivity index (χ0n) is 13.1. The normalized spacial score (nSPS) is 12.8. The average Bonchev–Trinajstić information content (AvgIpc) is 2.53. The molecule has 0 heterocycles. The molecule has 8 heteroatoms. The summed E-state index contributed by atoms with van der Waals surface area (Å²) >= 11 is 0. The SMILES string of the molecule is Oc1ccc(CCC(O)NCc2cccc(OC(F)(F)F)c2)cc1O. The number of rotatable bonds is 7. The van der Waals surface area contributed by atoms with Crippen LogP contribution in [0.15, 0.2) is 42.5 Å². The van der Waals surface area contributed by atoms with E-state index in [1.807, 2.05) is 0 Å². The minimum atomic E-state index is -4.75. The quantitative estimate of drug-likeness (QED) is 0.452. The van der Waals surface area contributed by atoms with Crippen molar-refractivity contribution in [3.05, 3.63) is 53.6 Å². The van der Waals surface area contributed by atoms with E-state index >= 15 is 0 Å². The van der Waals surface area contributed by atoms with Gasteiger partial charge in [-0.2, -0.15) is 0 Å². The zero-order valence-corrected chi connectivity index (χ0v) is 13.1. The van der Waals surface area contributed by atoms with Crippen molar-refractivity contribution in [1.29, 1.82) is 0 Å². The third-order valence-corrected chi connectivity index (χ3v) is 3.42. The topological polar surface area (TPSA) is 82.0 Å². The number of aromatic hydroxyl groups is 2. The average molecular weight is 357 g/mol. The molecule has 136 valence electrons. The van der Waals surface area contributed by atoms with E-state index in [1.54, 1.807) is 12.1 Å². The van der Waals surface area contributed by atoms with Gasteiger partial charge in [0.05, 0.1) is 0 Å². The Bertz CT molecular complexity index is 707. The first-order chi connectivity index (χ1) is 11.7. The van der Waals surface area contributed by atoms with Crippen LogP contribution >= 0.6 is 0 Å². The number of aryl methyl sites for hydroxylation is 1. The lowest BCUT2D eigenvalue weighted by molar-refractivity contribution is -0.274. The minimum absolute atomic E-state index is 0.164. The van der Waals surface area contributed by atoms with E-state index in [2.05, 4.69) is 10.1 Å². The highest BCUT2D eigenvalue weighted by Gasteiger charge is 2.31. The summed E-state index contributed by atoms with van der Waals surface area (Å²) in [5.41, 5.74) is 1.26. The third-order valence-electron chi connectivity index (χ3n) is 3.42. The smallest absolute Gasteiger partial charge is 0.504 e. The van der Waals surface area contributed by atoms with Crippen LogP contribution < -0.4 is 10.1 Å². The molecule has 2 aromatic rings. The predicted molar refractivity (Wildman–Crippen MR) is 84.1 cm³/mol. The van der Waals surface area contributed by atoms with Crippen molar-refractivity contribution in [2.45, 2.75) is 32.0 Å². The maximum atomic E-state index is 12.2. The maximum Gasteiger partial charge on any atom is 0.573 e. The number of nitrogens with one attached hydrogen (secondary N) is 1. The molecule has 0 aliphatic carbocycles. The third kappa shape index (κ3) is 6.52. The molecule has 0 spiro atoms. The Hall–Kier alpha value is -2.45. The number of ether oxygens (including phenoxy) is 1. The predicted octanol–water partition coefficient (Wildman–Crippen LogP) is 3.04. The summed E-state index contributed by atoms with van der Waals surface area (Å²) in [6, 6.07) is 9.87. The van der Waals surface area contributed by atoms with Gasteiger partial charge in [-0.15, -0.1) is 13.2 Å². The summed E-state index contributed by atoms with van der Waals surface area (Å²) in [6.45, 7) is 0.164. The number of alkyl halides is 3. The molecule has 0 fully saturated rings. The number of aliphatic hydroxyl groups excluding tert-OH is 1. The Morgan fingerprint density at radius 2 is 1.76 bits per heavy atom. The fourth-order valence-corrected chi connectivity index (χ4v) is 2.22. The van der Waals surface area contributed by atoms with Gasteiger partial charge in [0.1, 0.15) is 12.0 Å². The number of phenols is 2.